The second-order valence-corrected chi connectivity index (χ2v) is 10.9. The van der Waals surface area contributed by atoms with Crippen molar-refractivity contribution in [3.8, 4) is 0 Å². The molecule has 0 saturated carbocycles. The molecule has 2 fully saturated rings. The quantitative estimate of drug-likeness (QED) is 0.348. The highest BCUT2D eigenvalue weighted by atomic mass is 79.9. The Bertz CT molecular complexity index is 1220. The number of halogens is 1. The van der Waals surface area contributed by atoms with Gasteiger partial charge < -0.3 is 32.5 Å². The number of carbonyl (C=O) groups is 1. The van der Waals surface area contributed by atoms with Crippen LogP contribution in [0.5, 0.6) is 0 Å². The highest BCUT2D eigenvalue weighted by molar-refractivity contribution is 9.10. The van der Waals surface area contributed by atoms with Gasteiger partial charge in [-0.2, -0.15) is 0 Å². The van der Waals surface area contributed by atoms with Crippen LogP contribution in [-0.2, 0) is 23.7 Å². The van der Waals surface area contributed by atoms with Crippen molar-refractivity contribution in [1.29, 1.82) is 0 Å². The minimum atomic E-state index is -1.04. The number of benzene rings is 1. The molecule has 3 aromatic rings. The van der Waals surface area contributed by atoms with E-state index in [1.807, 2.05) is 34.6 Å². The molecule has 0 bridgehead atoms. The smallest absolute Gasteiger partial charge is 0.339 e. The van der Waals surface area contributed by atoms with Gasteiger partial charge in [-0.15, -0.1) is 0 Å². The number of ether oxygens (including phenoxy) is 5. The van der Waals surface area contributed by atoms with Gasteiger partial charge in [0.1, 0.15) is 24.2 Å². The first-order chi connectivity index (χ1) is 17.5. The Hall–Kier alpha value is -2.57. The van der Waals surface area contributed by atoms with E-state index in [1.165, 1.54) is 18.9 Å². The van der Waals surface area contributed by atoms with Crippen LogP contribution in [0.3, 0.4) is 0 Å². The minimum absolute atomic E-state index is 0.136. The largest absolute Gasteiger partial charge is 0.445 e. The lowest BCUT2D eigenvalue weighted by Gasteiger charge is -2.42. The van der Waals surface area contributed by atoms with Crippen LogP contribution in [0, 0.1) is 0 Å². The zero-order chi connectivity index (χ0) is 26.4. The fourth-order valence-corrected chi connectivity index (χ4v) is 4.95. The lowest BCUT2D eigenvalue weighted by atomic mass is 9.99. The Morgan fingerprint density at radius 1 is 1.05 bits per heavy atom. The molecule has 0 N–H and O–H groups in total. The summed E-state index contributed by atoms with van der Waals surface area (Å²) in [6.45, 7) is 9.42. The summed E-state index contributed by atoms with van der Waals surface area (Å²) in [4.78, 5) is 21.4. The molecule has 2 aliphatic rings. The molecular weight excluding hydrogens is 548 g/mol. The van der Waals surface area contributed by atoms with E-state index in [2.05, 4.69) is 25.9 Å². The Balaban J connectivity index is 1.38. The lowest BCUT2D eigenvalue weighted by molar-refractivity contribution is -0.319. The summed E-state index contributed by atoms with van der Waals surface area (Å²) >= 11 is 3.36. The van der Waals surface area contributed by atoms with Crippen molar-refractivity contribution in [2.24, 2.45) is 0 Å². The van der Waals surface area contributed by atoms with E-state index in [0.29, 0.717) is 17.7 Å². The van der Waals surface area contributed by atoms with Gasteiger partial charge in [0.15, 0.2) is 23.7 Å². The molecule has 198 valence electrons. The van der Waals surface area contributed by atoms with Crippen molar-refractivity contribution >= 4 is 21.9 Å². The molecule has 5 rings (SSSR count). The van der Waals surface area contributed by atoms with Crippen LogP contribution in [0.15, 0.2) is 56.4 Å². The predicted octanol–water partition coefficient (Wildman–Crippen LogP) is 5.49. The van der Waals surface area contributed by atoms with Gasteiger partial charge >= 0.3 is 5.97 Å². The van der Waals surface area contributed by atoms with Gasteiger partial charge in [0.2, 0.25) is 12.0 Å². The number of hydrogen-bond acceptors (Lipinski definition) is 10. The predicted molar refractivity (Wildman–Crippen MR) is 131 cm³/mol. The fourth-order valence-electron chi connectivity index (χ4n) is 4.68. The van der Waals surface area contributed by atoms with Gasteiger partial charge in [0.25, 0.3) is 0 Å². The summed E-state index contributed by atoms with van der Waals surface area (Å²) in [6.07, 6.45) is 2.44. The topological polar surface area (TPSA) is 115 Å². The normalized spacial score (nSPS) is 27.6. The SMILES string of the molecule is C[C@H]1OC(C)(C)O[C@@H]1[C@H]1C[C@@H](c2coc([C@@H](OC(=O)c3ccc(Br)cc3)c3cnco3)n2)OC(C)(C)O1. The first-order valence-corrected chi connectivity index (χ1v) is 12.8. The molecule has 5 atom stereocenters. The molecule has 0 amide bonds. The lowest BCUT2D eigenvalue weighted by Crippen LogP contribution is -2.48. The van der Waals surface area contributed by atoms with Crippen molar-refractivity contribution in [1.82, 2.24) is 9.97 Å². The maximum Gasteiger partial charge on any atom is 0.339 e. The molecule has 10 nitrogen and oxygen atoms in total. The number of nitrogens with zero attached hydrogens (tertiary/aromatic N) is 2. The van der Waals surface area contributed by atoms with Gasteiger partial charge in [0, 0.05) is 10.9 Å². The van der Waals surface area contributed by atoms with E-state index >= 15 is 0 Å². The van der Waals surface area contributed by atoms with Crippen LogP contribution in [0.4, 0.5) is 0 Å². The minimum Gasteiger partial charge on any atom is -0.445 e. The van der Waals surface area contributed by atoms with E-state index in [4.69, 9.17) is 32.5 Å². The summed E-state index contributed by atoms with van der Waals surface area (Å²) in [5, 5.41) is 0. The average molecular weight is 577 g/mol. The molecule has 11 heteroatoms. The van der Waals surface area contributed by atoms with Crippen molar-refractivity contribution < 1.29 is 37.3 Å². The van der Waals surface area contributed by atoms with E-state index in [1.54, 1.807) is 24.3 Å². The van der Waals surface area contributed by atoms with Crippen LogP contribution in [0.25, 0.3) is 0 Å². The molecular formula is C26H29BrN2O8. The van der Waals surface area contributed by atoms with Gasteiger partial charge in [-0.1, -0.05) is 15.9 Å². The summed E-state index contributed by atoms with van der Waals surface area (Å²) in [5.41, 5.74) is 0.902. The third-order valence-electron chi connectivity index (χ3n) is 6.13. The first kappa shape index (κ1) is 26.1. The number of carbonyl (C=O) groups excluding carboxylic acids is 1. The van der Waals surface area contributed by atoms with Crippen molar-refractivity contribution in [3.63, 3.8) is 0 Å². The number of rotatable bonds is 6. The number of aromatic nitrogens is 2. The highest BCUT2D eigenvalue weighted by Gasteiger charge is 2.49. The molecule has 0 unspecified atom stereocenters. The molecule has 0 aliphatic carbocycles. The van der Waals surface area contributed by atoms with Crippen LogP contribution in [0.1, 0.15) is 81.0 Å². The molecule has 0 spiro atoms. The highest BCUT2D eigenvalue weighted by Crippen LogP contribution is 2.42. The second-order valence-electron chi connectivity index (χ2n) is 10.0. The molecule has 2 saturated heterocycles. The van der Waals surface area contributed by atoms with Crippen molar-refractivity contribution in [2.75, 3.05) is 0 Å². The van der Waals surface area contributed by atoms with Gasteiger partial charge in [-0.3, -0.25) is 0 Å². The average Bonchev–Trinajstić information content (AvgIpc) is 3.57. The van der Waals surface area contributed by atoms with Gasteiger partial charge in [-0.05, 0) is 58.9 Å². The van der Waals surface area contributed by atoms with Crippen molar-refractivity contribution in [3.05, 3.63) is 70.5 Å². The number of hydrogen-bond donors (Lipinski definition) is 0. The Morgan fingerprint density at radius 3 is 2.43 bits per heavy atom. The molecule has 0 radical (unpaired) electrons. The first-order valence-electron chi connectivity index (χ1n) is 12.0. The number of oxazole rings is 2. The van der Waals surface area contributed by atoms with E-state index < -0.39 is 29.8 Å². The maximum absolute atomic E-state index is 12.9. The van der Waals surface area contributed by atoms with E-state index in [-0.39, 0.29) is 30.0 Å². The Labute approximate surface area is 222 Å². The molecule has 37 heavy (non-hydrogen) atoms. The van der Waals surface area contributed by atoms with Crippen LogP contribution in [-0.4, -0.2) is 45.8 Å². The summed E-state index contributed by atoms with van der Waals surface area (Å²) in [7, 11) is 0. The molecule has 2 aliphatic heterocycles. The third kappa shape index (κ3) is 5.80. The zero-order valence-corrected chi connectivity index (χ0v) is 22.8. The molecule has 4 heterocycles. The van der Waals surface area contributed by atoms with E-state index in [9.17, 15) is 4.79 Å². The standard InChI is InChI=1S/C26H29BrN2O8/c1-14-21(37-25(2,3)34-14)19-10-18(35-26(4,5)36-19)17-12-31-23(29-17)22(20-11-28-13-32-20)33-24(30)15-6-8-16(27)9-7-15/h6-9,11-14,18-19,21-22H,10H2,1-5H3/t14-,18+,19-,21+,22+/m1/s1. The monoisotopic (exact) mass is 576 g/mol. The Morgan fingerprint density at radius 2 is 1.78 bits per heavy atom. The molecule has 2 aromatic heterocycles. The van der Waals surface area contributed by atoms with E-state index in [0.717, 1.165) is 4.47 Å². The van der Waals surface area contributed by atoms with Gasteiger partial charge in [-0.25, -0.2) is 14.8 Å². The fraction of sp³-hybridized carbons (Fsp3) is 0.500. The second kappa shape index (κ2) is 9.95. The zero-order valence-electron chi connectivity index (χ0n) is 21.2. The maximum atomic E-state index is 12.9. The van der Waals surface area contributed by atoms with Crippen molar-refractivity contribution in [2.45, 2.75) is 83.1 Å². The third-order valence-corrected chi connectivity index (χ3v) is 6.66. The number of esters is 1. The summed E-state index contributed by atoms with van der Waals surface area (Å²) < 4.78 is 42.3. The molecule has 1 aromatic carbocycles. The van der Waals surface area contributed by atoms with Crippen LogP contribution in [0.2, 0.25) is 0 Å². The van der Waals surface area contributed by atoms with Gasteiger partial charge in [0.05, 0.1) is 24.0 Å². The summed E-state index contributed by atoms with van der Waals surface area (Å²) in [6, 6.07) is 6.82. The summed E-state index contributed by atoms with van der Waals surface area (Å²) in [5.74, 6) is -1.75. The van der Waals surface area contributed by atoms with Crippen LogP contribution < -0.4 is 0 Å². The Kier molecular flexibility index (Phi) is 7.01. The van der Waals surface area contributed by atoms with Crippen LogP contribution >= 0.6 is 15.9 Å².